The molecule has 0 saturated carbocycles. The molecule has 25 heavy (non-hydrogen) atoms. The first-order valence-electron chi connectivity index (χ1n) is 7.70. The van der Waals surface area contributed by atoms with E-state index in [1.807, 2.05) is 19.1 Å². The Balaban J connectivity index is 1.97. The van der Waals surface area contributed by atoms with Crippen LogP contribution in [0.5, 0.6) is 5.75 Å². The van der Waals surface area contributed by atoms with Crippen LogP contribution >= 0.6 is 0 Å². The largest absolute Gasteiger partial charge is 0.484 e. The molecule has 2 aromatic rings. The summed E-state index contributed by atoms with van der Waals surface area (Å²) < 4.78 is 10.3. The van der Waals surface area contributed by atoms with Crippen LogP contribution in [-0.4, -0.2) is 30.4 Å². The summed E-state index contributed by atoms with van der Waals surface area (Å²) in [6.45, 7) is 3.21. The van der Waals surface area contributed by atoms with Crippen LogP contribution in [0, 0.1) is 6.92 Å². The van der Waals surface area contributed by atoms with E-state index in [0.29, 0.717) is 11.3 Å². The molecule has 0 spiro atoms. The summed E-state index contributed by atoms with van der Waals surface area (Å²) in [6.07, 6.45) is -0.902. The molecule has 6 heteroatoms. The third-order valence-electron chi connectivity index (χ3n) is 3.46. The third-order valence-corrected chi connectivity index (χ3v) is 3.46. The van der Waals surface area contributed by atoms with Gasteiger partial charge in [0, 0.05) is 5.56 Å². The predicted molar refractivity (Wildman–Crippen MR) is 91.5 cm³/mol. The molecule has 0 heterocycles. The van der Waals surface area contributed by atoms with Gasteiger partial charge in [0.05, 0.1) is 5.56 Å². The van der Waals surface area contributed by atoms with Gasteiger partial charge in [0.1, 0.15) is 5.75 Å². The molecule has 0 aliphatic heterocycles. The molecule has 0 radical (unpaired) electrons. The van der Waals surface area contributed by atoms with Crippen LogP contribution in [0.15, 0.2) is 48.5 Å². The van der Waals surface area contributed by atoms with Crippen molar-refractivity contribution < 1.29 is 23.9 Å². The summed E-state index contributed by atoms with van der Waals surface area (Å²) in [4.78, 5) is 35.1. The molecule has 2 aromatic carbocycles. The van der Waals surface area contributed by atoms with Gasteiger partial charge in [-0.15, -0.1) is 0 Å². The van der Waals surface area contributed by atoms with Crippen LogP contribution in [0.3, 0.4) is 0 Å². The van der Waals surface area contributed by atoms with Crippen molar-refractivity contribution in [2.45, 2.75) is 20.0 Å². The zero-order valence-electron chi connectivity index (χ0n) is 14.0. The van der Waals surface area contributed by atoms with Crippen molar-refractivity contribution >= 4 is 17.7 Å². The van der Waals surface area contributed by atoms with E-state index in [9.17, 15) is 14.4 Å². The van der Waals surface area contributed by atoms with E-state index in [-0.39, 0.29) is 18.0 Å². The molecule has 2 N–H and O–H groups in total. The number of ether oxygens (including phenoxy) is 2. The molecule has 0 aliphatic rings. The van der Waals surface area contributed by atoms with Crippen LogP contribution in [0.1, 0.15) is 33.2 Å². The van der Waals surface area contributed by atoms with E-state index in [2.05, 4.69) is 0 Å². The topological polar surface area (TPSA) is 95.7 Å². The monoisotopic (exact) mass is 341 g/mol. The standard InChI is InChI=1S/C19H19NO5/c1-12-3-5-14(6-4-12)18(22)13(2)25-19(23)15-7-9-16(10-8-15)24-11-17(20)21/h3-10,13H,11H2,1-2H3,(H2,20,21)/t13-/m1/s1. The minimum atomic E-state index is -0.902. The number of carbonyl (C=O) groups is 3. The van der Waals surface area contributed by atoms with E-state index in [1.54, 1.807) is 12.1 Å². The Bertz CT molecular complexity index is 765. The van der Waals surface area contributed by atoms with Crippen molar-refractivity contribution in [1.82, 2.24) is 0 Å². The first-order chi connectivity index (χ1) is 11.9. The minimum absolute atomic E-state index is 0.244. The number of aryl methyl sites for hydroxylation is 1. The van der Waals surface area contributed by atoms with Crippen LogP contribution in [0.4, 0.5) is 0 Å². The summed E-state index contributed by atoms with van der Waals surface area (Å²) >= 11 is 0. The van der Waals surface area contributed by atoms with E-state index in [1.165, 1.54) is 31.2 Å². The summed E-state index contributed by atoms with van der Waals surface area (Å²) in [7, 11) is 0. The Morgan fingerprint density at radius 3 is 2.08 bits per heavy atom. The van der Waals surface area contributed by atoms with Crippen molar-refractivity contribution in [2.24, 2.45) is 5.73 Å². The summed E-state index contributed by atoms with van der Waals surface area (Å²) in [6, 6.07) is 13.1. The van der Waals surface area contributed by atoms with Gasteiger partial charge in [-0.05, 0) is 38.1 Å². The Morgan fingerprint density at radius 1 is 0.960 bits per heavy atom. The maximum absolute atomic E-state index is 12.3. The zero-order valence-corrected chi connectivity index (χ0v) is 14.0. The molecule has 6 nitrogen and oxygen atoms in total. The molecule has 0 aliphatic carbocycles. The number of hydrogen-bond acceptors (Lipinski definition) is 5. The highest BCUT2D eigenvalue weighted by molar-refractivity contribution is 6.01. The number of rotatable bonds is 7. The van der Waals surface area contributed by atoms with Gasteiger partial charge in [-0.1, -0.05) is 29.8 Å². The molecule has 0 fully saturated rings. The van der Waals surface area contributed by atoms with Gasteiger partial charge in [-0.2, -0.15) is 0 Å². The first-order valence-corrected chi connectivity index (χ1v) is 7.70. The number of Topliss-reactive ketones (excluding diaryl/α,β-unsaturated/α-hetero) is 1. The highest BCUT2D eigenvalue weighted by Crippen LogP contribution is 2.15. The number of ketones is 1. The summed E-state index contributed by atoms with van der Waals surface area (Å²) in [5.41, 5.74) is 6.79. The van der Waals surface area contributed by atoms with Gasteiger partial charge in [0.25, 0.3) is 5.91 Å². The van der Waals surface area contributed by atoms with Gasteiger partial charge < -0.3 is 15.2 Å². The van der Waals surface area contributed by atoms with Gasteiger partial charge in [-0.3, -0.25) is 9.59 Å². The number of nitrogens with two attached hydrogens (primary N) is 1. The molecule has 0 bridgehead atoms. The average Bonchev–Trinajstić information content (AvgIpc) is 2.60. The van der Waals surface area contributed by atoms with Crippen molar-refractivity contribution in [1.29, 1.82) is 0 Å². The van der Waals surface area contributed by atoms with Crippen LogP contribution < -0.4 is 10.5 Å². The van der Waals surface area contributed by atoms with Gasteiger partial charge >= 0.3 is 5.97 Å². The molecule has 130 valence electrons. The SMILES string of the molecule is Cc1ccc(C(=O)[C@@H](C)OC(=O)c2ccc(OCC(N)=O)cc2)cc1. The van der Waals surface area contributed by atoms with Crippen molar-refractivity contribution in [3.8, 4) is 5.75 Å². The Labute approximate surface area is 145 Å². The van der Waals surface area contributed by atoms with Crippen LogP contribution in [-0.2, 0) is 9.53 Å². The summed E-state index contributed by atoms with van der Waals surface area (Å²) in [5.74, 6) is -1.07. The van der Waals surface area contributed by atoms with Gasteiger partial charge in [0.2, 0.25) is 5.78 Å². The second-order valence-corrected chi connectivity index (χ2v) is 5.56. The fourth-order valence-electron chi connectivity index (χ4n) is 2.08. The van der Waals surface area contributed by atoms with E-state index < -0.39 is 18.0 Å². The van der Waals surface area contributed by atoms with Crippen molar-refractivity contribution in [3.63, 3.8) is 0 Å². The smallest absolute Gasteiger partial charge is 0.338 e. The Morgan fingerprint density at radius 2 is 1.52 bits per heavy atom. The fraction of sp³-hybridized carbons (Fsp3) is 0.211. The second kappa shape index (κ2) is 8.10. The lowest BCUT2D eigenvalue weighted by Crippen LogP contribution is -2.24. The molecular weight excluding hydrogens is 322 g/mol. The number of benzene rings is 2. The number of esters is 1. The fourth-order valence-corrected chi connectivity index (χ4v) is 2.08. The lowest BCUT2D eigenvalue weighted by molar-refractivity contribution is -0.119. The maximum atomic E-state index is 12.3. The highest BCUT2D eigenvalue weighted by Gasteiger charge is 2.20. The molecule has 0 aromatic heterocycles. The van der Waals surface area contributed by atoms with E-state index in [4.69, 9.17) is 15.2 Å². The molecular formula is C19H19NO5. The summed E-state index contributed by atoms with van der Waals surface area (Å²) in [5, 5.41) is 0. The number of amides is 1. The molecule has 0 unspecified atom stereocenters. The highest BCUT2D eigenvalue weighted by atomic mass is 16.5. The molecule has 1 amide bonds. The van der Waals surface area contributed by atoms with Gasteiger partial charge in [-0.25, -0.2) is 4.79 Å². The lowest BCUT2D eigenvalue weighted by Gasteiger charge is -2.13. The van der Waals surface area contributed by atoms with Crippen molar-refractivity contribution in [3.05, 3.63) is 65.2 Å². The zero-order chi connectivity index (χ0) is 18.4. The van der Waals surface area contributed by atoms with E-state index >= 15 is 0 Å². The average molecular weight is 341 g/mol. The number of carbonyl (C=O) groups excluding carboxylic acids is 3. The quantitative estimate of drug-likeness (QED) is 0.616. The molecule has 2 rings (SSSR count). The maximum Gasteiger partial charge on any atom is 0.338 e. The molecule has 0 saturated heterocycles. The Hall–Kier alpha value is -3.15. The van der Waals surface area contributed by atoms with Crippen molar-refractivity contribution in [2.75, 3.05) is 6.61 Å². The van der Waals surface area contributed by atoms with Crippen LogP contribution in [0.25, 0.3) is 0 Å². The number of primary amides is 1. The second-order valence-electron chi connectivity index (χ2n) is 5.56. The minimum Gasteiger partial charge on any atom is -0.484 e. The van der Waals surface area contributed by atoms with Crippen LogP contribution in [0.2, 0.25) is 0 Å². The number of hydrogen-bond donors (Lipinski definition) is 1. The third kappa shape index (κ3) is 5.17. The Kier molecular flexibility index (Phi) is 5.89. The lowest BCUT2D eigenvalue weighted by atomic mass is 10.1. The van der Waals surface area contributed by atoms with E-state index in [0.717, 1.165) is 5.56 Å². The predicted octanol–water partition coefficient (Wildman–Crippen LogP) is 2.29. The normalized spacial score (nSPS) is 11.4. The molecule has 1 atom stereocenters. The van der Waals surface area contributed by atoms with Gasteiger partial charge in [0.15, 0.2) is 12.7 Å². The first kappa shape index (κ1) is 18.2.